The van der Waals surface area contributed by atoms with Crippen LogP contribution < -0.4 is 0 Å². The lowest BCUT2D eigenvalue weighted by molar-refractivity contribution is 0.534. The molecule has 0 bridgehead atoms. The average molecular weight is 181 g/mol. The number of benzene rings is 1. The highest BCUT2D eigenvalue weighted by atomic mass is 32.2. The van der Waals surface area contributed by atoms with Crippen LogP contribution in [0.4, 0.5) is 0 Å². The second-order valence-electron chi connectivity index (χ2n) is 2.30. The van der Waals surface area contributed by atoms with Crippen molar-refractivity contribution in [2.45, 2.75) is 5.03 Å². The standard InChI is InChI=1S/C7H6N2O2S/c10-12(11)7-5-3-1-2-4-6(5)8-9-7/h1-4H,(H,8,9)(H,10,11)/p-1. The minimum absolute atomic E-state index is 0.144. The van der Waals surface area contributed by atoms with Gasteiger partial charge in [-0.3, -0.25) is 9.31 Å². The molecule has 1 aromatic carbocycles. The molecule has 1 aromatic heterocycles. The summed E-state index contributed by atoms with van der Waals surface area (Å²) in [5, 5.41) is 7.05. The van der Waals surface area contributed by atoms with Gasteiger partial charge in [-0.1, -0.05) is 12.1 Å². The van der Waals surface area contributed by atoms with Crippen molar-refractivity contribution in [2.75, 3.05) is 0 Å². The molecule has 2 rings (SSSR count). The highest BCUT2D eigenvalue weighted by molar-refractivity contribution is 7.79. The topological polar surface area (TPSA) is 68.8 Å². The minimum atomic E-state index is -2.24. The van der Waals surface area contributed by atoms with Crippen molar-refractivity contribution in [3.63, 3.8) is 0 Å². The molecule has 0 saturated heterocycles. The van der Waals surface area contributed by atoms with Crippen molar-refractivity contribution < 1.29 is 8.76 Å². The van der Waals surface area contributed by atoms with E-state index in [9.17, 15) is 8.76 Å². The van der Waals surface area contributed by atoms with E-state index in [0.717, 1.165) is 0 Å². The molecule has 4 nitrogen and oxygen atoms in total. The number of H-pyrrole nitrogens is 1. The number of hydrogen-bond acceptors (Lipinski definition) is 3. The van der Waals surface area contributed by atoms with Crippen molar-refractivity contribution >= 4 is 22.0 Å². The van der Waals surface area contributed by atoms with E-state index in [-0.39, 0.29) is 5.03 Å². The molecule has 2 aromatic rings. The maximum Gasteiger partial charge on any atom is 0.116 e. The summed E-state index contributed by atoms with van der Waals surface area (Å²) in [4.78, 5) is 0. The van der Waals surface area contributed by atoms with Crippen molar-refractivity contribution in [3.8, 4) is 0 Å². The SMILES string of the molecule is O=S([O-])c1[nH]nc2ccccc12. The van der Waals surface area contributed by atoms with Gasteiger partial charge in [0.05, 0.1) is 5.52 Å². The van der Waals surface area contributed by atoms with Gasteiger partial charge in [-0.2, -0.15) is 5.10 Å². The van der Waals surface area contributed by atoms with Crippen LogP contribution in [0.15, 0.2) is 29.3 Å². The summed E-state index contributed by atoms with van der Waals surface area (Å²) < 4.78 is 21.2. The van der Waals surface area contributed by atoms with Crippen LogP contribution in [0.25, 0.3) is 10.9 Å². The quantitative estimate of drug-likeness (QED) is 0.661. The molecule has 0 aliphatic heterocycles. The highest BCUT2D eigenvalue weighted by Crippen LogP contribution is 2.16. The first-order valence-electron chi connectivity index (χ1n) is 3.31. The Morgan fingerprint density at radius 1 is 1.42 bits per heavy atom. The molecule has 0 saturated carbocycles. The van der Waals surface area contributed by atoms with Gasteiger partial charge in [0.25, 0.3) is 0 Å². The lowest BCUT2D eigenvalue weighted by Crippen LogP contribution is -1.88. The molecule has 1 heterocycles. The molecule has 1 unspecified atom stereocenters. The van der Waals surface area contributed by atoms with Gasteiger partial charge in [-0.05, 0) is 23.2 Å². The van der Waals surface area contributed by atoms with Gasteiger partial charge in [0, 0.05) is 5.39 Å². The summed E-state index contributed by atoms with van der Waals surface area (Å²) in [6, 6.07) is 7.04. The number of aromatic amines is 1. The molecule has 1 N–H and O–H groups in total. The van der Waals surface area contributed by atoms with Gasteiger partial charge >= 0.3 is 0 Å². The summed E-state index contributed by atoms with van der Waals surface area (Å²) in [7, 11) is 0. The van der Waals surface area contributed by atoms with Crippen LogP contribution >= 0.6 is 0 Å². The van der Waals surface area contributed by atoms with Crippen LogP contribution in [0.1, 0.15) is 0 Å². The molecule has 1 atom stereocenters. The summed E-state index contributed by atoms with van der Waals surface area (Å²) in [6.45, 7) is 0. The smallest absolute Gasteiger partial charge is 0.116 e. The number of para-hydroxylation sites is 1. The van der Waals surface area contributed by atoms with Crippen LogP contribution in [0, 0.1) is 0 Å². The highest BCUT2D eigenvalue weighted by Gasteiger charge is 2.02. The van der Waals surface area contributed by atoms with E-state index in [1.54, 1.807) is 24.3 Å². The Bertz CT molecular complexity index is 438. The molecule has 0 amide bonds. The summed E-state index contributed by atoms with van der Waals surface area (Å²) >= 11 is -2.24. The van der Waals surface area contributed by atoms with Gasteiger partial charge in [-0.15, -0.1) is 0 Å². The Kier molecular flexibility index (Phi) is 1.67. The van der Waals surface area contributed by atoms with E-state index in [2.05, 4.69) is 10.2 Å². The molecule has 0 fully saturated rings. The molecule has 5 heteroatoms. The lowest BCUT2D eigenvalue weighted by atomic mass is 10.3. The van der Waals surface area contributed by atoms with Crippen molar-refractivity contribution in [3.05, 3.63) is 24.3 Å². The van der Waals surface area contributed by atoms with Gasteiger partial charge < -0.3 is 4.55 Å². The third-order valence-corrected chi connectivity index (χ3v) is 2.24. The minimum Gasteiger partial charge on any atom is -0.767 e. The fraction of sp³-hybridized carbons (Fsp3) is 0. The average Bonchev–Trinajstić information content (AvgIpc) is 2.47. The zero-order valence-electron chi connectivity index (χ0n) is 5.98. The Labute approximate surface area is 70.9 Å². The Balaban J connectivity index is 2.79. The normalized spacial score (nSPS) is 13.4. The van der Waals surface area contributed by atoms with Gasteiger partial charge in [0.2, 0.25) is 0 Å². The molecule has 0 aliphatic carbocycles. The molecular formula is C7H5N2O2S-. The number of aromatic nitrogens is 2. The van der Waals surface area contributed by atoms with E-state index in [0.29, 0.717) is 10.9 Å². The maximum absolute atomic E-state index is 10.6. The molecular weight excluding hydrogens is 176 g/mol. The third-order valence-electron chi connectivity index (χ3n) is 1.59. The summed E-state index contributed by atoms with van der Waals surface area (Å²) in [5.74, 6) is 0. The van der Waals surface area contributed by atoms with Gasteiger partial charge in [0.15, 0.2) is 0 Å². The van der Waals surface area contributed by atoms with E-state index in [1.165, 1.54) is 0 Å². The monoisotopic (exact) mass is 181 g/mol. The summed E-state index contributed by atoms with van der Waals surface area (Å²) in [6.07, 6.45) is 0. The Hall–Kier alpha value is -1.20. The predicted octanol–water partition coefficient (Wildman–Crippen LogP) is 0.801. The largest absolute Gasteiger partial charge is 0.767 e. The van der Waals surface area contributed by atoms with Crippen LogP contribution in [0.5, 0.6) is 0 Å². The first kappa shape index (κ1) is 7.45. The maximum atomic E-state index is 10.6. The molecule has 0 spiro atoms. The zero-order valence-corrected chi connectivity index (χ0v) is 6.80. The fourth-order valence-electron chi connectivity index (χ4n) is 1.06. The molecule has 12 heavy (non-hydrogen) atoms. The van der Waals surface area contributed by atoms with E-state index >= 15 is 0 Å². The Morgan fingerprint density at radius 2 is 2.17 bits per heavy atom. The Morgan fingerprint density at radius 3 is 2.92 bits per heavy atom. The lowest BCUT2D eigenvalue weighted by Gasteiger charge is -1.99. The van der Waals surface area contributed by atoms with Crippen LogP contribution in [0.3, 0.4) is 0 Å². The second kappa shape index (κ2) is 2.69. The van der Waals surface area contributed by atoms with Crippen LogP contribution in [0.2, 0.25) is 0 Å². The van der Waals surface area contributed by atoms with Crippen molar-refractivity contribution in [1.82, 2.24) is 10.2 Å². The zero-order chi connectivity index (χ0) is 8.55. The number of hydrogen-bond donors (Lipinski definition) is 1. The second-order valence-corrected chi connectivity index (χ2v) is 3.18. The van der Waals surface area contributed by atoms with Crippen LogP contribution in [-0.2, 0) is 11.1 Å². The molecule has 0 radical (unpaired) electrons. The predicted molar refractivity (Wildman–Crippen MR) is 43.3 cm³/mol. The molecule has 0 aliphatic rings. The van der Waals surface area contributed by atoms with Crippen LogP contribution in [-0.4, -0.2) is 19.0 Å². The number of rotatable bonds is 1. The number of nitrogens with one attached hydrogen (secondary N) is 1. The fourth-order valence-corrected chi connectivity index (χ4v) is 1.53. The van der Waals surface area contributed by atoms with Gasteiger partial charge in [-0.25, -0.2) is 0 Å². The number of nitrogens with zero attached hydrogens (tertiary/aromatic N) is 1. The summed E-state index contributed by atoms with van der Waals surface area (Å²) in [5.41, 5.74) is 0.664. The van der Waals surface area contributed by atoms with E-state index in [1.807, 2.05) is 0 Å². The van der Waals surface area contributed by atoms with Crippen molar-refractivity contribution in [2.24, 2.45) is 0 Å². The third kappa shape index (κ3) is 1.03. The number of fused-ring (bicyclic) bond motifs is 1. The van der Waals surface area contributed by atoms with E-state index in [4.69, 9.17) is 0 Å². The van der Waals surface area contributed by atoms with E-state index < -0.39 is 11.1 Å². The first-order valence-corrected chi connectivity index (χ1v) is 4.39. The van der Waals surface area contributed by atoms with Crippen molar-refractivity contribution in [1.29, 1.82) is 0 Å². The molecule has 62 valence electrons. The van der Waals surface area contributed by atoms with Gasteiger partial charge in [0.1, 0.15) is 5.03 Å². The first-order chi connectivity index (χ1) is 5.79.